The highest BCUT2D eigenvalue weighted by atomic mass is 127. The van der Waals surface area contributed by atoms with Gasteiger partial charge in [-0.15, -0.1) is 24.0 Å². The molecule has 3 nitrogen and oxygen atoms in total. The molecule has 0 amide bonds. The summed E-state index contributed by atoms with van der Waals surface area (Å²) in [6, 6.07) is 7.68. The van der Waals surface area contributed by atoms with E-state index in [2.05, 4.69) is 29.5 Å². The molecule has 1 aliphatic carbocycles. The van der Waals surface area contributed by atoms with E-state index in [1.807, 2.05) is 12.1 Å². The Hall–Kier alpha value is -0.850. The average Bonchev–Trinajstić information content (AvgIpc) is 3.17. The Morgan fingerprint density at radius 1 is 1.45 bits per heavy atom. The Labute approximate surface area is 137 Å². The molecule has 20 heavy (non-hydrogen) atoms. The lowest BCUT2D eigenvalue weighted by Gasteiger charge is -2.16. The number of guanidine groups is 1. The largest absolute Gasteiger partial charge is 0.354 e. The quantitative estimate of drug-likeness (QED) is 0.470. The van der Waals surface area contributed by atoms with Crippen molar-refractivity contribution in [1.82, 2.24) is 10.6 Å². The maximum absolute atomic E-state index is 13.7. The van der Waals surface area contributed by atoms with Crippen molar-refractivity contribution < 1.29 is 4.39 Å². The van der Waals surface area contributed by atoms with Gasteiger partial charge in [-0.05, 0) is 31.4 Å². The molecular formula is C15H23FIN3. The first-order chi connectivity index (χ1) is 9.15. The van der Waals surface area contributed by atoms with Crippen LogP contribution in [0.1, 0.15) is 38.2 Å². The van der Waals surface area contributed by atoms with Gasteiger partial charge in [0.25, 0.3) is 0 Å². The first-order valence-corrected chi connectivity index (χ1v) is 6.90. The van der Waals surface area contributed by atoms with Crippen molar-refractivity contribution in [3.8, 4) is 0 Å². The van der Waals surface area contributed by atoms with E-state index in [0.29, 0.717) is 6.04 Å². The fraction of sp³-hybridized carbons (Fsp3) is 0.533. The molecule has 1 aliphatic rings. The van der Waals surface area contributed by atoms with E-state index in [-0.39, 0.29) is 41.8 Å². The minimum Gasteiger partial charge on any atom is -0.354 e. The minimum absolute atomic E-state index is 0. The third kappa shape index (κ3) is 4.33. The maximum atomic E-state index is 13.7. The Bertz CT molecular complexity index is 464. The molecule has 1 saturated carbocycles. The summed E-state index contributed by atoms with van der Waals surface area (Å²) in [6.07, 6.45) is 2.00. The van der Waals surface area contributed by atoms with Crippen molar-refractivity contribution in [2.75, 3.05) is 7.05 Å². The summed E-state index contributed by atoms with van der Waals surface area (Å²) in [5, 5.41) is 6.67. The third-order valence-corrected chi connectivity index (χ3v) is 3.64. The standard InChI is InChI=1S/C15H22FN3.HI/c1-4-10(2)18-15(17-3)19-14-9-12(14)11-7-5-6-8-13(11)16;/h5-8,10,12,14H,4,9H2,1-3H3,(H2,17,18,19);1H. The number of nitrogens with zero attached hydrogens (tertiary/aromatic N) is 1. The van der Waals surface area contributed by atoms with Crippen molar-refractivity contribution in [3.05, 3.63) is 35.6 Å². The van der Waals surface area contributed by atoms with Crippen LogP contribution in [0.4, 0.5) is 4.39 Å². The van der Waals surface area contributed by atoms with Crippen molar-refractivity contribution in [2.45, 2.75) is 44.7 Å². The Balaban J connectivity index is 0.00000200. The van der Waals surface area contributed by atoms with Gasteiger partial charge in [0.1, 0.15) is 5.82 Å². The van der Waals surface area contributed by atoms with Crippen LogP contribution in [-0.2, 0) is 0 Å². The van der Waals surface area contributed by atoms with E-state index in [0.717, 1.165) is 24.4 Å². The number of hydrogen-bond acceptors (Lipinski definition) is 1. The van der Waals surface area contributed by atoms with Gasteiger partial charge in [-0.2, -0.15) is 0 Å². The molecule has 2 rings (SSSR count). The third-order valence-electron chi connectivity index (χ3n) is 3.64. The second-order valence-corrected chi connectivity index (χ2v) is 5.14. The zero-order chi connectivity index (χ0) is 13.8. The van der Waals surface area contributed by atoms with Gasteiger partial charge in [-0.3, -0.25) is 4.99 Å². The molecule has 0 saturated heterocycles. The molecule has 1 aromatic carbocycles. The molecule has 0 heterocycles. The number of benzene rings is 1. The summed E-state index contributed by atoms with van der Waals surface area (Å²) in [5.74, 6) is 0.955. The lowest BCUT2D eigenvalue weighted by atomic mass is 10.1. The zero-order valence-corrected chi connectivity index (χ0v) is 14.5. The Kier molecular flexibility index (Phi) is 6.71. The molecule has 5 heteroatoms. The molecule has 0 bridgehead atoms. The van der Waals surface area contributed by atoms with Crippen LogP contribution >= 0.6 is 24.0 Å². The number of rotatable bonds is 4. The number of nitrogens with one attached hydrogen (secondary N) is 2. The van der Waals surface area contributed by atoms with Crippen LogP contribution in [0.2, 0.25) is 0 Å². The summed E-state index contributed by atoms with van der Waals surface area (Å²) >= 11 is 0. The maximum Gasteiger partial charge on any atom is 0.191 e. The molecule has 0 spiro atoms. The summed E-state index contributed by atoms with van der Waals surface area (Å²) in [4.78, 5) is 4.21. The summed E-state index contributed by atoms with van der Waals surface area (Å²) in [5.41, 5.74) is 0.805. The molecule has 1 aromatic rings. The fourth-order valence-corrected chi connectivity index (χ4v) is 2.16. The molecule has 112 valence electrons. The lowest BCUT2D eigenvalue weighted by molar-refractivity contribution is 0.604. The smallest absolute Gasteiger partial charge is 0.191 e. The van der Waals surface area contributed by atoms with Crippen molar-refractivity contribution in [1.29, 1.82) is 0 Å². The topological polar surface area (TPSA) is 36.4 Å². The fourth-order valence-electron chi connectivity index (χ4n) is 2.16. The van der Waals surface area contributed by atoms with Gasteiger partial charge < -0.3 is 10.6 Å². The van der Waals surface area contributed by atoms with E-state index in [4.69, 9.17) is 0 Å². The number of halogens is 2. The van der Waals surface area contributed by atoms with Crippen LogP contribution in [0.3, 0.4) is 0 Å². The van der Waals surface area contributed by atoms with E-state index < -0.39 is 0 Å². The van der Waals surface area contributed by atoms with Crippen LogP contribution in [0.5, 0.6) is 0 Å². The van der Waals surface area contributed by atoms with Gasteiger partial charge in [-0.1, -0.05) is 25.1 Å². The summed E-state index contributed by atoms with van der Waals surface area (Å²) in [7, 11) is 1.76. The van der Waals surface area contributed by atoms with Gasteiger partial charge in [0.2, 0.25) is 0 Å². The second-order valence-electron chi connectivity index (χ2n) is 5.14. The molecule has 0 aliphatic heterocycles. The monoisotopic (exact) mass is 391 g/mol. The second kappa shape index (κ2) is 7.81. The van der Waals surface area contributed by atoms with Gasteiger partial charge in [-0.25, -0.2) is 4.39 Å². The van der Waals surface area contributed by atoms with E-state index >= 15 is 0 Å². The van der Waals surface area contributed by atoms with Crippen molar-refractivity contribution >= 4 is 29.9 Å². The highest BCUT2D eigenvalue weighted by molar-refractivity contribution is 14.0. The van der Waals surface area contributed by atoms with Crippen molar-refractivity contribution in [3.63, 3.8) is 0 Å². The van der Waals surface area contributed by atoms with E-state index in [1.165, 1.54) is 6.07 Å². The minimum atomic E-state index is -0.110. The van der Waals surface area contributed by atoms with Gasteiger partial charge in [0.05, 0.1) is 0 Å². The van der Waals surface area contributed by atoms with Crippen LogP contribution in [0, 0.1) is 5.82 Å². The number of hydrogen-bond donors (Lipinski definition) is 2. The molecular weight excluding hydrogens is 368 g/mol. The molecule has 1 fully saturated rings. The first-order valence-electron chi connectivity index (χ1n) is 6.90. The zero-order valence-electron chi connectivity index (χ0n) is 12.2. The van der Waals surface area contributed by atoms with E-state index in [1.54, 1.807) is 13.1 Å². The van der Waals surface area contributed by atoms with Gasteiger partial charge >= 0.3 is 0 Å². The predicted molar refractivity (Wildman–Crippen MR) is 92.3 cm³/mol. The predicted octanol–water partition coefficient (Wildman–Crippen LogP) is 3.26. The average molecular weight is 391 g/mol. The number of aliphatic imine (C=N–C) groups is 1. The SMILES string of the molecule is CCC(C)NC(=NC)NC1CC1c1ccccc1F.I. The normalized spacial score (nSPS) is 22.7. The van der Waals surface area contributed by atoms with Crippen LogP contribution in [0.15, 0.2) is 29.3 Å². The van der Waals surface area contributed by atoms with Crippen molar-refractivity contribution in [2.24, 2.45) is 4.99 Å². The molecule has 0 aromatic heterocycles. The molecule has 0 radical (unpaired) electrons. The first kappa shape index (κ1) is 17.2. The highest BCUT2D eigenvalue weighted by Gasteiger charge is 2.40. The van der Waals surface area contributed by atoms with Gasteiger partial charge in [0.15, 0.2) is 5.96 Å². The summed E-state index contributed by atoms with van der Waals surface area (Å²) in [6.45, 7) is 4.25. The van der Waals surface area contributed by atoms with E-state index in [9.17, 15) is 4.39 Å². The Morgan fingerprint density at radius 2 is 2.15 bits per heavy atom. The molecule has 2 N–H and O–H groups in total. The molecule has 3 unspecified atom stereocenters. The van der Waals surface area contributed by atoms with Crippen LogP contribution in [-0.4, -0.2) is 25.1 Å². The van der Waals surface area contributed by atoms with Crippen LogP contribution < -0.4 is 10.6 Å². The Morgan fingerprint density at radius 3 is 2.75 bits per heavy atom. The van der Waals surface area contributed by atoms with Crippen LogP contribution in [0.25, 0.3) is 0 Å². The highest BCUT2D eigenvalue weighted by Crippen LogP contribution is 2.41. The summed E-state index contributed by atoms with van der Waals surface area (Å²) < 4.78 is 13.7. The molecule has 3 atom stereocenters. The lowest BCUT2D eigenvalue weighted by Crippen LogP contribution is -2.43. The van der Waals surface area contributed by atoms with Gasteiger partial charge in [0, 0.05) is 25.0 Å².